The molecule has 1 aliphatic heterocycles. The number of nitrogens with two attached hydrogens (primary N) is 1. The number of amides is 1. The van der Waals surface area contributed by atoms with E-state index in [0.717, 1.165) is 19.3 Å². The Labute approximate surface area is 120 Å². The minimum atomic E-state index is -0.928. The molecule has 0 aliphatic carbocycles. The van der Waals surface area contributed by atoms with Crippen LogP contribution in [0.15, 0.2) is 0 Å². The Kier molecular flexibility index (Phi) is 6.95. The standard InChI is InChI=1S/C14H26N2O4/c1-9(4-3-5-10(2)15)13(17)16-8-11-6-7-12(20-11)14(18)19/h9-12H,3-8,15H2,1-2H3,(H,16,17)(H,18,19). The maximum absolute atomic E-state index is 11.9. The van der Waals surface area contributed by atoms with Crippen molar-refractivity contribution < 1.29 is 19.4 Å². The molecule has 0 saturated carbocycles. The van der Waals surface area contributed by atoms with Crippen molar-refractivity contribution in [1.29, 1.82) is 0 Å². The third kappa shape index (κ3) is 5.88. The van der Waals surface area contributed by atoms with Crippen molar-refractivity contribution in [3.05, 3.63) is 0 Å². The number of carboxylic acids is 1. The minimum absolute atomic E-state index is 0.00273. The molecule has 0 aromatic rings. The van der Waals surface area contributed by atoms with Crippen LogP contribution in [0.1, 0.15) is 46.0 Å². The number of aliphatic carboxylic acids is 1. The van der Waals surface area contributed by atoms with Gasteiger partial charge in [0.15, 0.2) is 6.10 Å². The Morgan fingerprint density at radius 1 is 1.35 bits per heavy atom. The summed E-state index contributed by atoms with van der Waals surface area (Å²) in [7, 11) is 0. The first-order valence-corrected chi connectivity index (χ1v) is 7.31. The normalized spacial score (nSPS) is 25.1. The lowest BCUT2D eigenvalue weighted by Gasteiger charge is -2.16. The number of carbonyl (C=O) groups is 2. The van der Waals surface area contributed by atoms with Crippen LogP contribution in [0.25, 0.3) is 0 Å². The smallest absolute Gasteiger partial charge is 0.332 e. The summed E-state index contributed by atoms with van der Waals surface area (Å²) in [5, 5.41) is 11.6. The van der Waals surface area contributed by atoms with Crippen LogP contribution < -0.4 is 11.1 Å². The predicted octanol–water partition coefficient (Wildman–Crippen LogP) is 0.888. The number of rotatable bonds is 8. The summed E-state index contributed by atoms with van der Waals surface area (Å²) >= 11 is 0. The molecule has 4 unspecified atom stereocenters. The molecule has 4 N–H and O–H groups in total. The Morgan fingerprint density at radius 3 is 2.60 bits per heavy atom. The lowest BCUT2D eigenvalue weighted by atomic mass is 10.0. The van der Waals surface area contributed by atoms with Gasteiger partial charge in [0.1, 0.15) is 0 Å². The van der Waals surface area contributed by atoms with Crippen molar-refractivity contribution in [2.75, 3.05) is 6.54 Å². The predicted molar refractivity (Wildman–Crippen MR) is 75.2 cm³/mol. The summed E-state index contributed by atoms with van der Waals surface area (Å²) < 4.78 is 5.33. The molecule has 1 amide bonds. The van der Waals surface area contributed by atoms with E-state index in [1.807, 2.05) is 13.8 Å². The first kappa shape index (κ1) is 16.9. The molecule has 0 spiro atoms. The molecule has 1 heterocycles. The highest BCUT2D eigenvalue weighted by molar-refractivity contribution is 5.78. The van der Waals surface area contributed by atoms with Gasteiger partial charge in [-0.2, -0.15) is 0 Å². The van der Waals surface area contributed by atoms with Crippen molar-refractivity contribution in [3.8, 4) is 0 Å². The van der Waals surface area contributed by atoms with Crippen molar-refractivity contribution >= 4 is 11.9 Å². The highest BCUT2D eigenvalue weighted by atomic mass is 16.5. The highest BCUT2D eigenvalue weighted by Gasteiger charge is 2.30. The molecule has 4 atom stereocenters. The van der Waals surface area contributed by atoms with Gasteiger partial charge in [0.2, 0.25) is 5.91 Å². The van der Waals surface area contributed by atoms with Gasteiger partial charge in [-0.1, -0.05) is 13.3 Å². The molecule has 1 fully saturated rings. The van der Waals surface area contributed by atoms with Crippen LogP contribution in [0.4, 0.5) is 0 Å². The van der Waals surface area contributed by atoms with Crippen LogP contribution in [0, 0.1) is 5.92 Å². The van der Waals surface area contributed by atoms with E-state index in [9.17, 15) is 9.59 Å². The van der Waals surface area contributed by atoms with Crippen LogP contribution in [0.5, 0.6) is 0 Å². The van der Waals surface area contributed by atoms with E-state index < -0.39 is 12.1 Å². The van der Waals surface area contributed by atoms with E-state index in [0.29, 0.717) is 19.4 Å². The van der Waals surface area contributed by atoms with Gasteiger partial charge >= 0.3 is 5.97 Å². The summed E-state index contributed by atoms with van der Waals surface area (Å²) in [5.74, 6) is -0.981. The molecule has 20 heavy (non-hydrogen) atoms. The summed E-state index contributed by atoms with van der Waals surface area (Å²) in [6.45, 7) is 4.24. The SMILES string of the molecule is CC(N)CCCC(C)C(=O)NCC1CCC(C(=O)O)O1. The zero-order chi connectivity index (χ0) is 15.1. The number of carboxylic acid groups (broad SMARTS) is 1. The van der Waals surface area contributed by atoms with E-state index in [1.54, 1.807) is 0 Å². The fourth-order valence-electron chi connectivity index (χ4n) is 2.30. The van der Waals surface area contributed by atoms with E-state index in [-0.39, 0.29) is 24.0 Å². The molecule has 6 heteroatoms. The molecule has 0 radical (unpaired) electrons. The van der Waals surface area contributed by atoms with Crippen LogP contribution in [0.2, 0.25) is 0 Å². The van der Waals surface area contributed by atoms with Crippen molar-refractivity contribution in [2.45, 2.75) is 64.2 Å². The number of nitrogens with one attached hydrogen (secondary N) is 1. The van der Waals surface area contributed by atoms with Crippen LogP contribution >= 0.6 is 0 Å². The third-order valence-electron chi connectivity index (χ3n) is 3.63. The molecule has 1 rings (SSSR count). The van der Waals surface area contributed by atoms with Gasteiger partial charge in [-0.25, -0.2) is 4.79 Å². The number of carbonyl (C=O) groups excluding carboxylic acids is 1. The second kappa shape index (κ2) is 8.21. The highest BCUT2D eigenvalue weighted by Crippen LogP contribution is 2.19. The van der Waals surface area contributed by atoms with Gasteiger partial charge in [-0.3, -0.25) is 4.79 Å². The van der Waals surface area contributed by atoms with E-state index in [2.05, 4.69) is 5.32 Å². The topological polar surface area (TPSA) is 102 Å². The molecule has 0 aromatic carbocycles. The maximum atomic E-state index is 11.9. The lowest BCUT2D eigenvalue weighted by molar-refractivity contribution is -0.149. The van der Waals surface area contributed by atoms with Crippen LogP contribution in [-0.2, 0) is 14.3 Å². The maximum Gasteiger partial charge on any atom is 0.332 e. The van der Waals surface area contributed by atoms with Gasteiger partial charge in [-0.15, -0.1) is 0 Å². The second-order valence-electron chi connectivity index (χ2n) is 5.72. The van der Waals surface area contributed by atoms with Crippen molar-refractivity contribution in [3.63, 3.8) is 0 Å². The molecular weight excluding hydrogens is 260 g/mol. The Bertz CT molecular complexity index is 333. The number of ether oxygens (including phenoxy) is 1. The zero-order valence-electron chi connectivity index (χ0n) is 12.3. The summed E-state index contributed by atoms with van der Waals surface area (Å²) in [6.07, 6.45) is 2.96. The first-order valence-electron chi connectivity index (χ1n) is 7.31. The van der Waals surface area contributed by atoms with E-state index in [4.69, 9.17) is 15.6 Å². The molecule has 1 saturated heterocycles. The average molecular weight is 286 g/mol. The van der Waals surface area contributed by atoms with Gasteiger partial charge in [0.25, 0.3) is 0 Å². The van der Waals surface area contributed by atoms with Gasteiger partial charge in [0, 0.05) is 18.5 Å². The molecule has 6 nitrogen and oxygen atoms in total. The second-order valence-corrected chi connectivity index (χ2v) is 5.72. The summed E-state index contributed by atoms with van der Waals surface area (Å²) in [4.78, 5) is 22.6. The quantitative estimate of drug-likeness (QED) is 0.615. The number of hydrogen-bond donors (Lipinski definition) is 3. The largest absolute Gasteiger partial charge is 0.479 e. The Hall–Kier alpha value is -1.14. The molecule has 0 aromatic heterocycles. The third-order valence-corrected chi connectivity index (χ3v) is 3.63. The summed E-state index contributed by atoms with van der Waals surface area (Å²) in [5.41, 5.74) is 5.67. The van der Waals surface area contributed by atoms with Gasteiger partial charge in [0.05, 0.1) is 6.10 Å². The van der Waals surface area contributed by atoms with Crippen LogP contribution in [0.3, 0.4) is 0 Å². The first-order chi connectivity index (χ1) is 9.40. The fourth-order valence-corrected chi connectivity index (χ4v) is 2.30. The molecule has 116 valence electrons. The minimum Gasteiger partial charge on any atom is -0.479 e. The van der Waals surface area contributed by atoms with Crippen LogP contribution in [-0.4, -0.2) is 41.8 Å². The van der Waals surface area contributed by atoms with Gasteiger partial charge in [-0.05, 0) is 32.6 Å². The average Bonchev–Trinajstić information content (AvgIpc) is 2.84. The Balaban J connectivity index is 2.18. The van der Waals surface area contributed by atoms with Gasteiger partial charge < -0.3 is 20.9 Å². The summed E-state index contributed by atoms with van der Waals surface area (Å²) in [6, 6.07) is 0.171. The molecule has 1 aliphatic rings. The monoisotopic (exact) mass is 286 g/mol. The fraction of sp³-hybridized carbons (Fsp3) is 0.857. The van der Waals surface area contributed by atoms with Crippen molar-refractivity contribution in [1.82, 2.24) is 5.32 Å². The van der Waals surface area contributed by atoms with E-state index >= 15 is 0 Å². The number of hydrogen-bond acceptors (Lipinski definition) is 4. The lowest BCUT2D eigenvalue weighted by Crippen LogP contribution is -2.36. The molecule has 0 bridgehead atoms. The zero-order valence-corrected chi connectivity index (χ0v) is 12.3. The van der Waals surface area contributed by atoms with Crippen molar-refractivity contribution in [2.24, 2.45) is 11.7 Å². The van der Waals surface area contributed by atoms with E-state index in [1.165, 1.54) is 0 Å². The Morgan fingerprint density at radius 2 is 2.05 bits per heavy atom. The molecular formula is C14H26N2O4.